The molecular weight excluding hydrogens is 614 g/mol. The number of amides is 1. The van der Waals surface area contributed by atoms with E-state index in [0.29, 0.717) is 50.0 Å². The van der Waals surface area contributed by atoms with Crippen molar-refractivity contribution in [2.24, 2.45) is 13.0 Å². The minimum Gasteiger partial charge on any atom is -0.473 e. The van der Waals surface area contributed by atoms with E-state index in [-0.39, 0.29) is 0 Å². The highest BCUT2D eigenvalue weighted by atomic mass is 16.5. The van der Waals surface area contributed by atoms with Crippen LogP contribution in [0.1, 0.15) is 42.9 Å². The summed E-state index contributed by atoms with van der Waals surface area (Å²) in [5.74, 6) is 1.50. The normalized spacial score (nSPS) is 16.4. The van der Waals surface area contributed by atoms with Gasteiger partial charge in [0.15, 0.2) is 0 Å². The molecule has 4 heterocycles. The van der Waals surface area contributed by atoms with Gasteiger partial charge in [0.2, 0.25) is 11.8 Å². The Morgan fingerprint density at radius 1 is 0.898 bits per heavy atom. The van der Waals surface area contributed by atoms with Gasteiger partial charge in [-0.05, 0) is 72.6 Å². The number of aryl methyl sites for hydroxylation is 1. The first-order valence-corrected chi connectivity index (χ1v) is 17.2. The van der Waals surface area contributed by atoms with Gasteiger partial charge in [0, 0.05) is 50.7 Å². The second-order valence-electron chi connectivity index (χ2n) is 13.1. The molecule has 0 radical (unpaired) electrons. The van der Waals surface area contributed by atoms with E-state index in [1.807, 2.05) is 84.5 Å². The van der Waals surface area contributed by atoms with Gasteiger partial charge in [0.25, 0.3) is 0 Å². The fourth-order valence-corrected chi connectivity index (χ4v) is 7.10. The quantitative estimate of drug-likeness (QED) is 0.165. The average molecular weight is 658 g/mol. The minimum atomic E-state index is -0.801. The van der Waals surface area contributed by atoms with Gasteiger partial charge in [0.05, 0.1) is 11.1 Å². The molecule has 9 nitrogen and oxygen atoms in total. The summed E-state index contributed by atoms with van der Waals surface area (Å²) in [6, 6.07) is 31.1. The van der Waals surface area contributed by atoms with Crippen LogP contribution in [0.15, 0.2) is 97.1 Å². The van der Waals surface area contributed by atoms with E-state index in [9.17, 15) is 9.90 Å². The SMILES string of the molecule is C[C@@H](C1CCN(C(=O)O)CC1)N1CC=C(c2ccc3c(-c4ccc(OCc5ccccc5)nc4OCc4ccccc4)nn(C)c3c2)CC1. The second-order valence-corrected chi connectivity index (χ2v) is 13.1. The zero-order valence-electron chi connectivity index (χ0n) is 28.2. The van der Waals surface area contributed by atoms with Crippen LogP contribution in [0.25, 0.3) is 27.7 Å². The van der Waals surface area contributed by atoms with Gasteiger partial charge in [-0.25, -0.2) is 4.79 Å². The lowest BCUT2D eigenvalue weighted by atomic mass is 9.88. The molecule has 2 aromatic heterocycles. The van der Waals surface area contributed by atoms with Crippen molar-refractivity contribution >= 4 is 22.6 Å². The van der Waals surface area contributed by atoms with Crippen molar-refractivity contribution < 1.29 is 19.4 Å². The summed E-state index contributed by atoms with van der Waals surface area (Å²) in [6.45, 7) is 6.26. The Kier molecular flexibility index (Phi) is 9.61. The summed E-state index contributed by atoms with van der Waals surface area (Å²) >= 11 is 0. The topological polar surface area (TPSA) is 93.0 Å². The van der Waals surface area contributed by atoms with E-state index >= 15 is 0 Å². The predicted octanol–water partition coefficient (Wildman–Crippen LogP) is 7.66. The number of rotatable bonds is 10. The summed E-state index contributed by atoms with van der Waals surface area (Å²) in [4.78, 5) is 20.2. The van der Waals surface area contributed by atoms with E-state index in [1.165, 1.54) is 11.1 Å². The number of carboxylic acid groups (broad SMARTS) is 1. The number of aromatic nitrogens is 3. The summed E-state index contributed by atoms with van der Waals surface area (Å²) in [5.41, 5.74) is 7.37. The van der Waals surface area contributed by atoms with Crippen molar-refractivity contribution in [3.63, 3.8) is 0 Å². The summed E-state index contributed by atoms with van der Waals surface area (Å²) < 4.78 is 14.4. The molecule has 0 aliphatic carbocycles. The van der Waals surface area contributed by atoms with Crippen LogP contribution in [0.5, 0.6) is 11.8 Å². The molecule has 9 heteroatoms. The second kappa shape index (κ2) is 14.5. The number of likely N-dealkylation sites (tertiary alicyclic amines) is 1. The van der Waals surface area contributed by atoms with Crippen molar-refractivity contribution in [2.45, 2.75) is 45.4 Å². The lowest BCUT2D eigenvalue weighted by Crippen LogP contribution is -2.46. The fourth-order valence-electron chi connectivity index (χ4n) is 7.10. The molecule has 0 saturated carbocycles. The first-order valence-electron chi connectivity index (χ1n) is 17.2. The Morgan fingerprint density at radius 2 is 1.59 bits per heavy atom. The highest BCUT2D eigenvalue weighted by molar-refractivity contribution is 5.96. The lowest BCUT2D eigenvalue weighted by molar-refractivity contribution is 0.0919. The molecular formula is C40H43N5O4. The van der Waals surface area contributed by atoms with Gasteiger partial charge in [-0.2, -0.15) is 10.1 Å². The van der Waals surface area contributed by atoms with E-state index in [4.69, 9.17) is 19.6 Å². The van der Waals surface area contributed by atoms with E-state index < -0.39 is 6.09 Å². The number of piperidine rings is 1. The molecule has 252 valence electrons. The minimum absolute atomic E-state index is 0.378. The zero-order valence-corrected chi connectivity index (χ0v) is 28.2. The van der Waals surface area contributed by atoms with Gasteiger partial charge in [0.1, 0.15) is 18.9 Å². The lowest BCUT2D eigenvalue weighted by Gasteiger charge is -2.40. The van der Waals surface area contributed by atoms with Crippen LogP contribution in [0.4, 0.5) is 4.79 Å². The fraction of sp³-hybridized carbons (Fsp3) is 0.325. The number of hydrogen-bond acceptors (Lipinski definition) is 6. The van der Waals surface area contributed by atoms with Gasteiger partial charge < -0.3 is 19.5 Å². The number of carbonyl (C=O) groups is 1. The zero-order chi connectivity index (χ0) is 33.7. The number of fused-ring (bicyclic) bond motifs is 1. The monoisotopic (exact) mass is 657 g/mol. The summed E-state index contributed by atoms with van der Waals surface area (Å²) in [7, 11) is 1.99. The highest BCUT2D eigenvalue weighted by Gasteiger charge is 2.30. The van der Waals surface area contributed by atoms with Crippen LogP contribution in [0.2, 0.25) is 0 Å². The summed E-state index contributed by atoms with van der Waals surface area (Å²) in [6.07, 6.45) is 4.39. The van der Waals surface area contributed by atoms with Gasteiger partial charge in [-0.1, -0.05) is 72.8 Å². The van der Waals surface area contributed by atoms with Crippen LogP contribution < -0.4 is 9.47 Å². The van der Waals surface area contributed by atoms with E-state index in [2.05, 4.69) is 36.1 Å². The molecule has 1 saturated heterocycles. The molecule has 2 aliphatic rings. The molecule has 5 aromatic rings. The molecule has 2 aliphatic heterocycles. The first kappa shape index (κ1) is 32.4. The highest BCUT2D eigenvalue weighted by Crippen LogP contribution is 2.37. The van der Waals surface area contributed by atoms with E-state index in [0.717, 1.165) is 65.6 Å². The predicted molar refractivity (Wildman–Crippen MR) is 191 cm³/mol. The number of pyridine rings is 1. The third-order valence-electron chi connectivity index (χ3n) is 10.1. The maximum atomic E-state index is 11.3. The third kappa shape index (κ3) is 7.32. The molecule has 3 aromatic carbocycles. The average Bonchev–Trinajstić information content (AvgIpc) is 3.48. The van der Waals surface area contributed by atoms with Crippen molar-refractivity contribution in [2.75, 3.05) is 26.2 Å². The van der Waals surface area contributed by atoms with Crippen LogP contribution in [-0.2, 0) is 20.3 Å². The number of nitrogens with zero attached hydrogens (tertiary/aromatic N) is 5. The van der Waals surface area contributed by atoms with Crippen LogP contribution >= 0.6 is 0 Å². The largest absolute Gasteiger partial charge is 0.473 e. The van der Waals surface area contributed by atoms with E-state index in [1.54, 1.807) is 4.90 Å². The maximum Gasteiger partial charge on any atom is 0.407 e. The Hall–Kier alpha value is -5.15. The van der Waals surface area contributed by atoms with Gasteiger partial charge in [-0.3, -0.25) is 9.58 Å². The summed E-state index contributed by atoms with van der Waals surface area (Å²) in [5, 5.41) is 15.3. The maximum absolute atomic E-state index is 11.3. The smallest absolute Gasteiger partial charge is 0.407 e. The standard InChI is InChI=1S/C40H43N5O4/c1-28(31-17-23-45(24-18-31)40(46)47)44-21-19-32(20-22-44)33-13-14-34-36(25-33)43(2)42-38(34)35-15-16-37(48-26-29-9-5-3-6-10-29)41-39(35)49-27-30-11-7-4-8-12-30/h3-16,19,25,28,31H,17-18,20-24,26-27H2,1-2H3,(H,46,47)/t28-/m0/s1. The van der Waals surface area contributed by atoms with Crippen molar-refractivity contribution in [3.05, 3.63) is 114 Å². The molecule has 49 heavy (non-hydrogen) atoms. The Labute approximate surface area is 287 Å². The number of benzene rings is 3. The van der Waals surface area contributed by atoms with Gasteiger partial charge in [-0.15, -0.1) is 0 Å². The molecule has 7 rings (SSSR count). The Bertz CT molecular complexity index is 1930. The molecule has 1 atom stereocenters. The molecule has 0 unspecified atom stereocenters. The molecule has 0 bridgehead atoms. The van der Waals surface area contributed by atoms with Crippen molar-refractivity contribution in [3.8, 4) is 23.0 Å². The van der Waals surface area contributed by atoms with Gasteiger partial charge >= 0.3 is 6.09 Å². The van der Waals surface area contributed by atoms with Crippen molar-refractivity contribution in [1.29, 1.82) is 0 Å². The third-order valence-corrected chi connectivity index (χ3v) is 10.1. The molecule has 1 N–H and O–H groups in total. The van der Waals surface area contributed by atoms with Crippen LogP contribution in [0.3, 0.4) is 0 Å². The number of hydrogen-bond donors (Lipinski definition) is 1. The molecule has 0 spiro atoms. The Balaban J connectivity index is 1.10. The molecule has 1 amide bonds. The number of ether oxygens (including phenoxy) is 2. The van der Waals surface area contributed by atoms with Crippen molar-refractivity contribution in [1.82, 2.24) is 24.6 Å². The Morgan fingerprint density at radius 3 is 2.24 bits per heavy atom. The first-order chi connectivity index (χ1) is 23.9. The van der Waals surface area contributed by atoms with Crippen LogP contribution in [0, 0.1) is 5.92 Å². The van der Waals surface area contributed by atoms with Crippen LogP contribution in [-0.4, -0.2) is 68.0 Å². The molecule has 1 fully saturated rings.